The van der Waals surface area contributed by atoms with Gasteiger partial charge in [-0.05, 0) is 36.1 Å². The zero-order valence-electron chi connectivity index (χ0n) is 8.60. The maximum Gasteiger partial charge on any atom is 0.231 e. The molecule has 0 radical (unpaired) electrons. The second-order valence-corrected chi connectivity index (χ2v) is 4.40. The molecular formula is C11H14O3S. The predicted molar refractivity (Wildman–Crippen MR) is 60.5 cm³/mol. The minimum Gasteiger partial charge on any atom is -0.454 e. The molecule has 1 aliphatic heterocycles. The molecule has 0 bridgehead atoms. The highest BCUT2D eigenvalue weighted by Crippen LogP contribution is 2.34. The third-order valence-corrected chi connectivity index (χ3v) is 3.02. The SMILES string of the molecule is CSCCC(O)c1ccc2c(c1)OCO2. The number of fused-ring (bicyclic) bond motifs is 1. The highest BCUT2D eigenvalue weighted by molar-refractivity contribution is 7.98. The van der Waals surface area contributed by atoms with Crippen LogP contribution in [0.25, 0.3) is 0 Å². The van der Waals surface area contributed by atoms with Gasteiger partial charge in [-0.15, -0.1) is 0 Å². The fourth-order valence-corrected chi connectivity index (χ4v) is 1.98. The first-order valence-corrected chi connectivity index (χ1v) is 6.27. The molecule has 1 aromatic rings. The second kappa shape index (κ2) is 4.77. The largest absolute Gasteiger partial charge is 0.454 e. The van der Waals surface area contributed by atoms with Crippen molar-refractivity contribution in [2.24, 2.45) is 0 Å². The zero-order chi connectivity index (χ0) is 10.7. The van der Waals surface area contributed by atoms with E-state index < -0.39 is 6.10 Å². The fourth-order valence-electron chi connectivity index (χ4n) is 1.52. The number of rotatable bonds is 4. The Bertz CT molecular complexity index is 341. The summed E-state index contributed by atoms with van der Waals surface area (Å²) in [5.41, 5.74) is 0.897. The maximum absolute atomic E-state index is 9.87. The molecule has 1 aromatic carbocycles. The van der Waals surface area contributed by atoms with E-state index in [1.165, 1.54) is 0 Å². The average molecular weight is 226 g/mol. The van der Waals surface area contributed by atoms with Crippen molar-refractivity contribution in [2.45, 2.75) is 12.5 Å². The smallest absolute Gasteiger partial charge is 0.231 e. The van der Waals surface area contributed by atoms with Crippen molar-refractivity contribution in [2.75, 3.05) is 18.8 Å². The third kappa shape index (κ3) is 2.38. The second-order valence-electron chi connectivity index (χ2n) is 3.41. The number of ether oxygens (including phenoxy) is 2. The van der Waals surface area contributed by atoms with Gasteiger partial charge in [0.2, 0.25) is 6.79 Å². The number of hydrogen-bond donors (Lipinski definition) is 1. The molecule has 0 saturated heterocycles. The Labute approximate surface area is 93.4 Å². The van der Waals surface area contributed by atoms with Crippen LogP contribution < -0.4 is 9.47 Å². The van der Waals surface area contributed by atoms with Crippen molar-refractivity contribution in [1.82, 2.24) is 0 Å². The molecule has 1 heterocycles. The minimum absolute atomic E-state index is 0.277. The van der Waals surface area contributed by atoms with Crippen molar-refractivity contribution in [3.8, 4) is 11.5 Å². The number of aliphatic hydroxyl groups is 1. The molecule has 3 nitrogen and oxygen atoms in total. The van der Waals surface area contributed by atoms with Crippen LogP contribution in [0.15, 0.2) is 18.2 Å². The summed E-state index contributed by atoms with van der Waals surface area (Å²) >= 11 is 1.73. The Kier molecular flexibility index (Phi) is 3.38. The van der Waals surface area contributed by atoms with E-state index in [1.54, 1.807) is 11.8 Å². The molecule has 0 fully saturated rings. The van der Waals surface area contributed by atoms with Crippen molar-refractivity contribution in [3.05, 3.63) is 23.8 Å². The van der Waals surface area contributed by atoms with Crippen LogP contribution in [0.2, 0.25) is 0 Å². The van der Waals surface area contributed by atoms with Crippen LogP contribution in [0.4, 0.5) is 0 Å². The van der Waals surface area contributed by atoms with Gasteiger partial charge in [-0.2, -0.15) is 11.8 Å². The minimum atomic E-state index is -0.410. The van der Waals surface area contributed by atoms with Crippen LogP contribution in [0.1, 0.15) is 18.1 Å². The van der Waals surface area contributed by atoms with Gasteiger partial charge in [0.25, 0.3) is 0 Å². The highest BCUT2D eigenvalue weighted by Gasteiger charge is 2.16. The van der Waals surface area contributed by atoms with Gasteiger partial charge in [-0.25, -0.2) is 0 Å². The van der Waals surface area contributed by atoms with Crippen molar-refractivity contribution < 1.29 is 14.6 Å². The van der Waals surface area contributed by atoms with E-state index in [-0.39, 0.29) is 6.79 Å². The standard InChI is InChI=1S/C11H14O3S/c1-15-5-4-9(12)8-2-3-10-11(6-8)14-7-13-10/h2-3,6,9,12H,4-5,7H2,1H3. The van der Waals surface area contributed by atoms with E-state index in [9.17, 15) is 5.11 Å². The average Bonchev–Trinajstić information content (AvgIpc) is 2.72. The molecule has 1 N–H and O–H groups in total. The highest BCUT2D eigenvalue weighted by atomic mass is 32.2. The zero-order valence-corrected chi connectivity index (χ0v) is 9.42. The Morgan fingerprint density at radius 2 is 2.20 bits per heavy atom. The molecule has 4 heteroatoms. The molecule has 0 aromatic heterocycles. The van der Waals surface area contributed by atoms with E-state index in [2.05, 4.69) is 0 Å². The monoisotopic (exact) mass is 226 g/mol. The maximum atomic E-state index is 9.87. The van der Waals surface area contributed by atoms with Crippen LogP contribution in [0, 0.1) is 0 Å². The van der Waals surface area contributed by atoms with E-state index in [4.69, 9.17) is 9.47 Å². The lowest BCUT2D eigenvalue weighted by Crippen LogP contribution is -1.98. The van der Waals surface area contributed by atoms with E-state index in [0.29, 0.717) is 0 Å². The van der Waals surface area contributed by atoms with Gasteiger partial charge in [0, 0.05) is 0 Å². The first-order chi connectivity index (χ1) is 7.31. The van der Waals surface area contributed by atoms with Gasteiger partial charge < -0.3 is 14.6 Å². The summed E-state index contributed by atoms with van der Waals surface area (Å²) in [6, 6.07) is 5.59. The number of thioether (sulfide) groups is 1. The molecule has 0 spiro atoms. The molecule has 0 aliphatic carbocycles. The normalized spacial score (nSPS) is 15.3. The lowest BCUT2D eigenvalue weighted by molar-refractivity contribution is 0.170. The van der Waals surface area contributed by atoms with Crippen LogP contribution in [-0.4, -0.2) is 23.9 Å². The van der Waals surface area contributed by atoms with Crippen molar-refractivity contribution in [3.63, 3.8) is 0 Å². The van der Waals surface area contributed by atoms with Gasteiger partial charge in [-0.3, -0.25) is 0 Å². The molecule has 82 valence electrons. The lowest BCUT2D eigenvalue weighted by Gasteiger charge is -2.10. The van der Waals surface area contributed by atoms with Gasteiger partial charge in [0.1, 0.15) is 0 Å². The predicted octanol–water partition coefficient (Wildman–Crippen LogP) is 2.20. The summed E-state index contributed by atoms with van der Waals surface area (Å²) < 4.78 is 10.5. The summed E-state index contributed by atoms with van der Waals surface area (Å²) in [5.74, 6) is 2.45. The third-order valence-electron chi connectivity index (χ3n) is 2.38. The number of benzene rings is 1. The molecule has 1 unspecified atom stereocenters. The molecule has 15 heavy (non-hydrogen) atoms. The Morgan fingerprint density at radius 1 is 1.40 bits per heavy atom. The van der Waals surface area contributed by atoms with Gasteiger partial charge in [-0.1, -0.05) is 6.07 Å². The van der Waals surface area contributed by atoms with Crippen molar-refractivity contribution >= 4 is 11.8 Å². The van der Waals surface area contributed by atoms with Crippen LogP contribution in [-0.2, 0) is 0 Å². The van der Waals surface area contributed by atoms with Crippen LogP contribution >= 0.6 is 11.8 Å². The Hall–Kier alpha value is -0.870. The first-order valence-electron chi connectivity index (χ1n) is 4.88. The van der Waals surface area contributed by atoms with E-state index in [0.717, 1.165) is 29.2 Å². The summed E-state index contributed by atoms with van der Waals surface area (Å²) in [6.07, 6.45) is 2.39. The molecule has 1 atom stereocenters. The van der Waals surface area contributed by atoms with Gasteiger partial charge in [0.15, 0.2) is 11.5 Å². The quantitative estimate of drug-likeness (QED) is 0.854. The van der Waals surface area contributed by atoms with E-state index in [1.807, 2.05) is 24.5 Å². The summed E-state index contributed by atoms with van der Waals surface area (Å²) in [6.45, 7) is 0.277. The number of hydrogen-bond acceptors (Lipinski definition) is 4. The lowest BCUT2D eigenvalue weighted by atomic mass is 10.1. The summed E-state index contributed by atoms with van der Waals surface area (Å²) in [5, 5.41) is 9.87. The van der Waals surface area contributed by atoms with Crippen LogP contribution in [0.3, 0.4) is 0 Å². The topological polar surface area (TPSA) is 38.7 Å². The van der Waals surface area contributed by atoms with Crippen LogP contribution in [0.5, 0.6) is 11.5 Å². The molecule has 1 aliphatic rings. The Balaban J connectivity index is 2.08. The number of aliphatic hydroxyl groups excluding tert-OH is 1. The summed E-state index contributed by atoms with van der Waals surface area (Å²) in [7, 11) is 0. The first kappa shape index (κ1) is 10.6. The van der Waals surface area contributed by atoms with E-state index >= 15 is 0 Å². The Morgan fingerprint density at radius 3 is 3.00 bits per heavy atom. The fraction of sp³-hybridized carbons (Fsp3) is 0.455. The molecule has 0 amide bonds. The van der Waals surface area contributed by atoms with Gasteiger partial charge in [0.05, 0.1) is 6.10 Å². The molecular weight excluding hydrogens is 212 g/mol. The summed E-state index contributed by atoms with van der Waals surface area (Å²) in [4.78, 5) is 0. The van der Waals surface area contributed by atoms with Crippen molar-refractivity contribution in [1.29, 1.82) is 0 Å². The molecule has 0 saturated carbocycles. The van der Waals surface area contributed by atoms with Gasteiger partial charge >= 0.3 is 0 Å². The molecule has 2 rings (SSSR count).